The van der Waals surface area contributed by atoms with Crippen molar-refractivity contribution in [2.75, 3.05) is 0 Å². The predicted molar refractivity (Wildman–Crippen MR) is 68.5 cm³/mol. The third-order valence-corrected chi connectivity index (χ3v) is 12.9. The molecule has 2 atom stereocenters. The molecule has 1 saturated heterocycles. The molecule has 0 aliphatic carbocycles. The van der Waals surface area contributed by atoms with Crippen LogP contribution in [0.15, 0.2) is 0 Å². The lowest BCUT2D eigenvalue weighted by atomic mass is 9.69. The summed E-state index contributed by atoms with van der Waals surface area (Å²) in [5.41, 5.74) is 0.530. The second-order valence-corrected chi connectivity index (χ2v) is 12.3. The van der Waals surface area contributed by atoms with Crippen LogP contribution in [0, 0.1) is 11.3 Å². The van der Waals surface area contributed by atoms with E-state index < -0.39 is 8.07 Å². The molecular formula is C13H28Si. The Kier molecular flexibility index (Phi) is 2.95. The van der Waals surface area contributed by atoms with Gasteiger partial charge in [0.2, 0.25) is 0 Å². The van der Waals surface area contributed by atoms with Gasteiger partial charge < -0.3 is 0 Å². The fourth-order valence-corrected chi connectivity index (χ4v) is 7.96. The van der Waals surface area contributed by atoms with Crippen LogP contribution in [0.25, 0.3) is 0 Å². The molecule has 2 unspecified atom stereocenters. The zero-order valence-corrected chi connectivity index (χ0v) is 12.2. The molecule has 1 aliphatic rings. The Morgan fingerprint density at radius 1 is 1.21 bits per heavy atom. The molecule has 0 spiro atoms. The first-order valence-electron chi connectivity index (χ1n) is 6.19. The topological polar surface area (TPSA) is 0 Å². The quantitative estimate of drug-likeness (QED) is 0.541. The molecule has 0 aromatic carbocycles. The van der Waals surface area contributed by atoms with E-state index >= 15 is 0 Å². The molecule has 0 amide bonds. The summed E-state index contributed by atoms with van der Waals surface area (Å²) in [5, 5.41) is 0.590. The van der Waals surface area contributed by atoms with Crippen molar-refractivity contribution in [3.8, 4) is 0 Å². The van der Waals surface area contributed by atoms with Crippen LogP contribution in [0.1, 0.15) is 48.0 Å². The normalized spacial score (nSPS) is 40.9. The highest BCUT2D eigenvalue weighted by atomic mass is 28.3. The molecular weight excluding hydrogens is 184 g/mol. The van der Waals surface area contributed by atoms with Gasteiger partial charge in [0.25, 0.3) is 0 Å². The van der Waals surface area contributed by atoms with Crippen LogP contribution >= 0.6 is 0 Å². The van der Waals surface area contributed by atoms with Crippen molar-refractivity contribution in [1.29, 1.82) is 0 Å². The predicted octanol–water partition coefficient (Wildman–Crippen LogP) is 4.93. The third-order valence-electron chi connectivity index (χ3n) is 6.26. The van der Waals surface area contributed by atoms with Crippen molar-refractivity contribution in [3.63, 3.8) is 0 Å². The van der Waals surface area contributed by atoms with Crippen molar-refractivity contribution < 1.29 is 0 Å². The highest BCUT2D eigenvalue weighted by Crippen LogP contribution is 2.62. The van der Waals surface area contributed by atoms with Gasteiger partial charge in [0.15, 0.2) is 0 Å². The number of hydrogen-bond acceptors (Lipinski definition) is 0. The van der Waals surface area contributed by atoms with Crippen molar-refractivity contribution in [1.82, 2.24) is 0 Å². The van der Waals surface area contributed by atoms with Crippen LogP contribution < -0.4 is 0 Å². The SMILES string of the molecule is CC[Si]1(C)CCC(C)C(C)(C)C1(C)C. The van der Waals surface area contributed by atoms with Crippen LogP contribution in [0.3, 0.4) is 0 Å². The van der Waals surface area contributed by atoms with E-state index in [2.05, 4.69) is 48.1 Å². The first-order valence-corrected chi connectivity index (χ1v) is 9.10. The maximum atomic E-state index is 2.63. The summed E-state index contributed by atoms with van der Waals surface area (Å²) in [7, 11) is -1.02. The maximum Gasteiger partial charge on any atom is 0.0564 e. The molecule has 1 heteroatoms. The van der Waals surface area contributed by atoms with E-state index in [9.17, 15) is 0 Å². The minimum absolute atomic E-state index is 0.530. The Bertz CT molecular complexity index is 211. The van der Waals surface area contributed by atoms with Gasteiger partial charge in [-0.15, -0.1) is 0 Å². The van der Waals surface area contributed by atoms with Crippen molar-refractivity contribution in [2.24, 2.45) is 11.3 Å². The molecule has 0 N–H and O–H groups in total. The summed E-state index contributed by atoms with van der Waals surface area (Å²) in [6, 6.07) is 3.00. The van der Waals surface area contributed by atoms with Gasteiger partial charge in [-0.1, -0.05) is 66.6 Å². The first kappa shape index (κ1) is 12.3. The van der Waals surface area contributed by atoms with Gasteiger partial charge in [-0.2, -0.15) is 0 Å². The van der Waals surface area contributed by atoms with E-state index in [1.165, 1.54) is 12.5 Å². The highest BCUT2D eigenvalue weighted by molar-refractivity contribution is 6.81. The number of rotatable bonds is 1. The molecule has 1 fully saturated rings. The lowest BCUT2D eigenvalue weighted by molar-refractivity contribution is 0.135. The maximum absolute atomic E-state index is 2.63. The molecule has 1 rings (SSSR count). The fourth-order valence-electron chi connectivity index (χ4n) is 3.22. The average Bonchev–Trinajstić information content (AvgIpc) is 2.10. The molecule has 0 saturated carbocycles. The Labute approximate surface area is 91.5 Å². The molecule has 1 heterocycles. The van der Waals surface area contributed by atoms with Crippen molar-refractivity contribution in [3.05, 3.63) is 0 Å². The van der Waals surface area contributed by atoms with E-state index in [1.54, 1.807) is 6.04 Å². The van der Waals surface area contributed by atoms with Crippen LogP contribution in [-0.2, 0) is 0 Å². The molecule has 0 aromatic heterocycles. The molecule has 0 bridgehead atoms. The van der Waals surface area contributed by atoms with Crippen LogP contribution in [0.5, 0.6) is 0 Å². The third kappa shape index (κ3) is 1.39. The summed E-state index contributed by atoms with van der Waals surface area (Å²) in [6.45, 7) is 17.6. The van der Waals surface area contributed by atoms with Gasteiger partial charge in [0.05, 0.1) is 8.07 Å². The van der Waals surface area contributed by atoms with Crippen molar-refractivity contribution >= 4 is 8.07 Å². The smallest absolute Gasteiger partial charge is 0.0564 e. The standard InChI is InChI=1S/C13H28Si/c1-8-14(7)10-9-11(2)12(3,4)13(14,5)6/h11H,8-10H2,1-7H3. The zero-order chi connectivity index (χ0) is 11.2. The van der Waals surface area contributed by atoms with E-state index in [-0.39, 0.29) is 0 Å². The minimum atomic E-state index is -1.02. The van der Waals surface area contributed by atoms with Gasteiger partial charge in [-0.3, -0.25) is 0 Å². The molecule has 0 radical (unpaired) electrons. The molecule has 84 valence electrons. The Morgan fingerprint density at radius 3 is 2.14 bits per heavy atom. The monoisotopic (exact) mass is 212 g/mol. The first-order chi connectivity index (χ1) is 6.19. The van der Waals surface area contributed by atoms with Crippen LogP contribution in [0.4, 0.5) is 0 Å². The fraction of sp³-hybridized carbons (Fsp3) is 1.00. The molecule has 14 heavy (non-hydrogen) atoms. The van der Waals surface area contributed by atoms with Gasteiger partial charge in [-0.05, 0) is 16.4 Å². The molecule has 0 nitrogen and oxygen atoms in total. The van der Waals surface area contributed by atoms with Gasteiger partial charge >= 0.3 is 0 Å². The number of hydrogen-bond donors (Lipinski definition) is 0. The summed E-state index contributed by atoms with van der Waals surface area (Å²) in [4.78, 5) is 0. The zero-order valence-electron chi connectivity index (χ0n) is 11.2. The van der Waals surface area contributed by atoms with Gasteiger partial charge in [0.1, 0.15) is 0 Å². The summed E-state index contributed by atoms with van der Waals surface area (Å²) >= 11 is 0. The van der Waals surface area contributed by atoms with Gasteiger partial charge in [0, 0.05) is 0 Å². The summed E-state index contributed by atoms with van der Waals surface area (Å²) < 4.78 is 0. The molecule has 0 aromatic rings. The minimum Gasteiger partial charge on any atom is -0.0687 e. The Balaban J connectivity index is 3.09. The van der Waals surface area contributed by atoms with E-state index in [4.69, 9.17) is 0 Å². The largest absolute Gasteiger partial charge is 0.0687 e. The molecule has 1 aliphatic heterocycles. The second kappa shape index (κ2) is 3.36. The van der Waals surface area contributed by atoms with E-state index in [0.717, 1.165) is 5.92 Å². The van der Waals surface area contributed by atoms with Crippen molar-refractivity contribution in [2.45, 2.75) is 71.6 Å². The van der Waals surface area contributed by atoms with Gasteiger partial charge in [-0.25, -0.2) is 0 Å². The van der Waals surface area contributed by atoms with Crippen LogP contribution in [0.2, 0.25) is 23.7 Å². The Hall–Kier alpha value is 0.217. The summed E-state index contributed by atoms with van der Waals surface area (Å²) in [5.74, 6) is 0.893. The van der Waals surface area contributed by atoms with Crippen LogP contribution in [-0.4, -0.2) is 8.07 Å². The highest BCUT2D eigenvalue weighted by Gasteiger charge is 2.55. The van der Waals surface area contributed by atoms with E-state index in [0.29, 0.717) is 10.5 Å². The lowest BCUT2D eigenvalue weighted by Crippen LogP contribution is -2.55. The Morgan fingerprint density at radius 2 is 1.71 bits per heavy atom. The van der Waals surface area contributed by atoms with E-state index in [1.807, 2.05) is 0 Å². The summed E-state index contributed by atoms with van der Waals surface area (Å²) in [6.07, 6.45) is 1.47. The average molecular weight is 212 g/mol. The lowest BCUT2D eigenvalue weighted by Gasteiger charge is -2.59. The second-order valence-electron chi connectivity index (χ2n) is 6.70.